The smallest absolute Gasteiger partial charge is 0.125 e. The van der Waals surface area contributed by atoms with Gasteiger partial charge in [0.2, 0.25) is 0 Å². The molecule has 0 saturated heterocycles. The van der Waals surface area contributed by atoms with Crippen LogP contribution in [0, 0.1) is 6.92 Å². The average molecular weight is 329 g/mol. The van der Waals surface area contributed by atoms with E-state index in [0.717, 1.165) is 29.2 Å². The quantitative estimate of drug-likeness (QED) is 0.802. The Morgan fingerprint density at radius 1 is 1.00 bits per heavy atom. The summed E-state index contributed by atoms with van der Waals surface area (Å²) in [5.74, 6) is 2.74. The number of nitrogens with two attached hydrogens (primary N) is 1. The Morgan fingerprint density at radius 2 is 1.75 bits per heavy atom. The Morgan fingerprint density at radius 3 is 2.33 bits per heavy atom. The maximum absolute atomic E-state index is 6.07. The number of aryl methyl sites for hydroxylation is 1. The Kier molecular flexibility index (Phi) is 6.50. The number of hydrogen-bond acceptors (Lipinski definition) is 4. The molecule has 0 aliphatic carbocycles. The fourth-order valence-corrected chi connectivity index (χ4v) is 2.97. The normalized spacial score (nSPS) is 11.9. The predicted molar refractivity (Wildman–Crippen MR) is 97.4 cm³/mol. The molecule has 130 valence electrons. The van der Waals surface area contributed by atoms with Crippen LogP contribution in [0.1, 0.15) is 29.5 Å². The first kappa shape index (κ1) is 18.1. The zero-order valence-electron chi connectivity index (χ0n) is 15.0. The van der Waals surface area contributed by atoms with Crippen molar-refractivity contribution in [2.45, 2.75) is 26.2 Å². The molecule has 24 heavy (non-hydrogen) atoms. The predicted octanol–water partition coefficient (Wildman–Crippen LogP) is 3.70. The summed E-state index contributed by atoms with van der Waals surface area (Å²) in [4.78, 5) is 0. The summed E-state index contributed by atoms with van der Waals surface area (Å²) in [6.07, 6.45) is 0.818. The molecule has 0 bridgehead atoms. The Bertz CT molecular complexity index is 670. The third kappa shape index (κ3) is 4.20. The molecule has 0 saturated carbocycles. The Hall–Kier alpha value is -2.20. The number of rotatable bonds is 8. The van der Waals surface area contributed by atoms with Crippen molar-refractivity contribution in [2.75, 3.05) is 27.4 Å². The Labute approximate surface area is 144 Å². The average Bonchev–Trinajstić information content (AvgIpc) is 2.60. The SMILES string of the molecule is CCOc1ccc(C(CN)Cc2ccc(OC)cc2OC)c(C)c1. The highest BCUT2D eigenvalue weighted by Crippen LogP contribution is 2.31. The van der Waals surface area contributed by atoms with Gasteiger partial charge >= 0.3 is 0 Å². The molecule has 2 N–H and O–H groups in total. The fraction of sp³-hybridized carbons (Fsp3) is 0.400. The van der Waals surface area contributed by atoms with Gasteiger partial charge in [0.05, 0.1) is 20.8 Å². The van der Waals surface area contributed by atoms with Gasteiger partial charge in [0.25, 0.3) is 0 Å². The van der Waals surface area contributed by atoms with E-state index >= 15 is 0 Å². The van der Waals surface area contributed by atoms with Gasteiger partial charge in [-0.1, -0.05) is 12.1 Å². The summed E-state index contributed by atoms with van der Waals surface area (Å²) in [7, 11) is 3.33. The molecule has 0 radical (unpaired) electrons. The van der Waals surface area contributed by atoms with Gasteiger partial charge in [0.1, 0.15) is 17.2 Å². The van der Waals surface area contributed by atoms with Gasteiger partial charge < -0.3 is 19.9 Å². The van der Waals surface area contributed by atoms with Gasteiger partial charge in [-0.3, -0.25) is 0 Å². The topological polar surface area (TPSA) is 53.7 Å². The molecule has 0 aliphatic rings. The molecule has 0 amide bonds. The molecule has 1 unspecified atom stereocenters. The summed E-state index contributed by atoms with van der Waals surface area (Å²) in [6, 6.07) is 12.1. The highest BCUT2D eigenvalue weighted by molar-refractivity contribution is 5.43. The maximum atomic E-state index is 6.07. The van der Waals surface area contributed by atoms with Crippen LogP contribution in [0.5, 0.6) is 17.2 Å². The van der Waals surface area contributed by atoms with Gasteiger partial charge in [-0.2, -0.15) is 0 Å². The van der Waals surface area contributed by atoms with E-state index in [4.69, 9.17) is 19.9 Å². The lowest BCUT2D eigenvalue weighted by molar-refractivity contribution is 0.340. The van der Waals surface area contributed by atoms with Crippen LogP contribution in [-0.2, 0) is 6.42 Å². The highest BCUT2D eigenvalue weighted by atomic mass is 16.5. The van der Waals surface area contributed by atoms with E-state index in [9.17, 15) is 0 Å². The maximum Gasteiger partial charge on any atom is 0.125 e. The van der Waals surface area contributed by atoms with E-state index in [2.05, 4.69) is 19.1 Å². The molecule has 4 nitrogen and oxygen atoms in total. The van der Waals surface area contributed by atoms with Crippen molar-refractivity contribution in [1.29, 1.82) is 0 Å². The van der Waals surface area contributed by atoms with Crippen molar-refractivity contribution in [2.24, 2.45) is 5.73 Å². The van der Waals surface area contributed by atoms with Gasteiger partial charge in [-0.15, -0.1) is 0 Å². The van der Waals surface area contributed by atoms with Crippen molar-refractivity contribution in [3.63, 3.8) is 0 Å². The van der Waals surface area contributed by atoms with Crippen molar-refractivity contribution in [3.05, 3.63) is 53.1 Å². The largest absolute Gasteiger partial charge is 0.497 e. The minimum atomic E-state index is 0.225. The molecule has 0 heterocycles. The second-order valence-electron chi connectivity index (χ2n) is 5.77. The summed E-state index contributed by atoms with van der Waals surface area (Å²) in [5.41, 5.74) is 9.64. The van der Waals surface area contributed by atoms with Gasteiger partial charge in [0, 0.05) is 12.0 Å². The molecule has 0 spiro atoms. The summed E-state index contributed by atoms with van der Waals surface area (Å²) < 4.78 is 16.3. The van der Waals surface area contributed by atoms with E-state index in [1.165, 1.54) is 11.1 Å². The van der Waals surface area contributed by atoms with Crippen LogP contribution in [0.3, 0.4) is 0 Å². The van der Waals surface area contributed by atoms with Crippen molar-refractivity contribution in [1.82, 2.24) is 0 Å². The van der Waals surface area contributed by atoms with Crippen LogP contribution in [0.2, 0.25) is 0 Å². The fourth-order valence-electron chi connectivity index (χ4n) is 2.97. The van der Waals surface area contributed by atoms with E-state index in [1.807, 2.05) is 31.2 Å². The van der Waals surface area contributed by atoms with Crippen LogP contribution < -0.4 is 19.9 Å². The zero-order valence-corrected chi connectivity index (χ0v) is 15.0. The van der Waals surface area contributed by atoms with Crippen LogP contribution >= 0.6 is 0 Å². The molecule has 0 fully saturated rings. The van der Waals surface area contributed by atoms with Gasteiger partial charge in [-0.05, 0) is 61.7 Å². The van der Waals surface area contributed by atoms with Crippen LogP contribution in [0.15, 0.2) is 36.4 Å². The molecular formula is C20H27NO3. The van der Waals surface area contributed by atoms with Crippen molar-refractivity contribution in [3.8, 4) is 17.2 Å². The number of benzene rings is 2. The van der Waals surface area contributed by atoms with Crippen LogP contribution in [-0.4, -0.2) is 27.4 Å². The molecule has 0 aromatic heterocycles. The first-order valence-corrected chi connectivity index (χ1v) is 8.27. The van der Waals surface area contributed by atoms with Crippen LogP contribution in [0.4, 0.5) is 0 Å². The van der Waals surface area contributed by atoms with Gasteiger partial charge in [-0.25, -0.2) is 0 Å². The second kappa shape index (κ2) is 8.60. The summed E-state index contributed by atoms with van der Waals surface area (Å²) in [5, 5.41) is 0. The molecule has 2 rings (SSSR count). The first-order valence-electron chi connectivity index (χ1n) is 8.27. The molecule has 2 aromatic carbocycles. The lowest BCUT2D eigenvalue weighted by Gasteiger charge is -2.20. The number of ether oxygens (including phenoxy) is 3. The molecule has 2 aromatic rings. The molecule has 0 aliphatic heterocycles. The van der Waals surface area contributed by atoms with E-state index in [-0.39, 0.29) is 5.92 Å². The lowest BCUT2D eigenvalue weighted by Crippen LogP contribution is -2.16. The Balaban J connectivity index is 2.26. The standard InChI is InChI=1S/C20H27NO3/c1-5-24-18-8-9-19(14(2)10-18)16(13-21)11-15-6-7-17(22-3)12-20(15)23-4/h6-10,12,16H,5,11,13,21H2,1-4H3. The second-order valence-corrected chi connectivity index (χ2v) is 5.77. The number of hydrogen-bond donors (Lipinski definition) is 1. The van der Waals surface area contributed by atoms with Gasteiger partial charge in [0.15, 0.2) is 0 Å². The minimum absolute atomic E-state index is 0.225. The summed E-state index contributed by atoms with van der Waals surface area (Å²) >= 11 is 0. The molecule has 4 heteroatoms. The lowest BCUT2D eigenvalue weighted by atomic mass is 9.89. The third-order valence-electron chi connectivity index (χ3n) is 4.24. The monoisotopic (exact) mass is 329 g/mol. The zero-order chi connectivity index (χ0) is 17.5. The first-order chi connectivity index (χ1) is 11.6. The van der Waals surface area contributed by atoms with Crippen molar-refractivity contribution < 1.29 is 14.2 Å². The molecular weight excluding hydrogens is 302 g/mol. The van der Waals surface area contributed by atoms with Crippen molar-refractivity contribution >= 4 is 0 Å². The van der Waals surface area contributed by atoms with E-state index in [1.54, 1.807) is 14.2 Å². The van der Waals surface area contributed by atoms with Crippen LogP contribution in [0.25, 0.3) is 0 Å². The summed E-state index contributed by atoms with van der Waals surface area (Å²) in [6.45, 7) is 5.33. The minimum Gasteiger partial charge on any atom is -0.497 e. The highest BCUT2D eigenvalue weighted by Gasteiger charge is 2.16. The molecule has 1 atom stereocenters. The van der Waals surface area contributed by atoms with E-state index < -0.39 is 0 Å². The van der Waals surface area contributed by atoms with E-state index in [0.29, 0.717) is 13.2 Å². The number of methoxy groups -OCH3 is 2. The third-order valence-corrected chi connectivity index (χ3v) is 4.24.